The molecule has 0 saturated heterocycles. The van der Waals surface area contributed by atoms with Crippen LogP contribution in [0.4, 0.5) is 0 Å². The normalized spacial score (nSPS) is 15.9. The van der Waals surface area contributed by atoms with Crippen LogP contribution in [0.3, 0.4) is 0 Å². The quantitative estimate of drug-likeness (QED) is 0.144. The van der Waals surface area contributed by atoms with Crippen LogP contribution in [-0.4, -0.2) is 9.52 Å². The second-order valence-electron chi connectivity index (χ2n) is 13.1. The van der Waals surface area contributed by atoms with E-state index in [1.54, 1.807) is 0 Å². The number of rotatable bonds is 8. The van der Waals surface area contributed by atoms with Crippen LogP contribution in [0.5, 0.6) is 0 Å². The average Bonchev–Trinajstić information content (AvgIpc) is 3.89. The number of furan rings is 2. The van der Waals surface area contributed by atoms with E-state index in [4.69, 9.17) is 25.9 Å². The number of hydrogen-bond acceptors (Lipinski definition) is 2. The molecule has 2 atom stereocenters. The average molecular weight is 789 g/mol. The van der Waals surface area contributed by atoms with Crippen LogP contribution in [0, 0.1) is 27.7 Å². The number of halogens is 2. The Kier molecular flexibility index (Phi) is 10.8. The number of allylic oxidation sites excluding steroid dienone is 2. The molecule has 6 heteroatoms. The predicted octanol–water partition coefficient (Wildman–Crippen LogP) is 13.3. The molecule has 2 aliphatic rings. The summed E-state index contributed by atoms with van der Waals surface area (Å²) in [5.74, 6) is 4.58. The third kappa shape index (κ3) is 6.93. The van der Waals surface area contributed by atoms with Gasteiger partial charge < -0.3 is 8.83 Å². The van der Waals surface area contributed by atoms with Gasteiger partial charge in [0.2, 0.25) is 0 Å². The Morgan fingerprint density at radius 3 is 1.32 bits per heavy atom. The zero-order valence-electron chi connectivity index (χ0n) is 28.7. The standard InChI is InChI=1S/C44H38O2Si.2ClH.Zr/c1-27-21-43(45-29(27)3)39-23-37-33(31-13-7-5-8-14-31)17-11-19-35(37)41(39)25-47-26-42-36-20-12-18-34(32-15-9-6-10-16-32)38(36)24-40(42)44-22-28(2)30(4)46-44;;;/h5-24,41-42H,25-26H2,1-4H3;2*1H;/q;;;+2/p-2. The third-order valence-electron chi connectivity index (χ3n) is 10.1. The van der Waals surface area contributed by atoms with Crippen molar-refractivity contribution < 1.29 is 29.7 Å². The van der Waals surface area contributed by atoms with E-state index >= 15 is 0 Å². The number of fused-ring (bicyclic) bond motifs is 2. The second kappa shape index (κ2) is 15.5. The summed E-state index contributed by atoms with van der Waals surface area (Å²) in [6.07, 6.45) is 4.81. The summed E-state index contributed by atoms with van der Waals surface area (Å²) in [6.45, 7) is 8.43. The minimum absolute atomic E-state index is 0.286. The van der Waals surface area contributed by atoms with Gasteiger partial charge in [0.1, 0.15) is 23.0 Å². The fourth-order valence-corrected chi connectivity index (χ4v) is 9.03. The first kappa shape index (κ1) is 35.0. The van der Waals surface area contributed by atoms with Crippen molar-refractivity contribution in [2.45, 2.75) is 51.6 Å². The summed E-state index contributed by atoms with van der Waals surface area (Å²) in [7, 11) is 10.6. The van der Waals surface area contributed by atoms with Crippen molar-refractivity contribution in [3.8, 4) is 22.3 Å². The molecule has 248 valence electrons. The molecule has 0 fully saturated rings. The first-order valence-electron chi connectivity index (χ1n) is 17.0. The molecule has 8 rings (SSSR count). The fraction of sp³-hybridized carbons (Fsp3) is 0.182. The van der Waals surface area contributed by atoms with Gasteiger partial charge >= 0.3 is 37.9 Å². The van der Waals surface area contributed by atoms with Gasteiger partial charge in [-0.15, -0.1) is 0 Å². The maximum atomic E-state index is 6.39. The van der Waals surface area contributed by atoms with Crippen molar-refractivity contribution in [1.82, 2.24) is 0 Å². The first-order chi connectivity index (χ1) is 24.4. The summed E-state index contributed by atoms with van der Waals surface area (Å²) in [4.78, 5) is 0. The van der Waals surface area contributed by atoms with E-state index in [9.17, 15) is 0 Å². The zero-order chi connectivity index (χ0) is 34.8. The monoisotopic (exact) mass is 786 g/mol. The van der Waals surface area contributed by atoms with Gasteiger partial charge in [-0.3, -0.25) is 0 Å². The SMILES string of the molecule is Cc1cc(C2=Cc3c(-c4ccccc4)cccc3C2C[Si]CC2C(c3cc(C)c(C)o3)=Cc3c(-c4ccccc4)cccc32)oc1C.[Cl][Zr][Cl]. The fourth-order valence-electron chi connectivity index (χ4n) is 7.41. The summed E-state index contributed by atoms with van der Waals surface area (Å²) < 4.78 is 12.8. The van der Waals surface area contributed by atoms with E-state index < -0.39 is 20.8 Å². The molecule has 0 bridgehead atoms. The molecule has 6 aromatic rings. The molecule has 4 aromatic carbocycles. The Morgan fingerprint density at radius 2 is 0.960 bits per heavy atom. The molecular weight excluding hydrogens is 751 g/mol. The summed E-state index contributed by atoms with van der Waals surface area (Å²) in [5.41, 5.74) is 15.6. The van der Waals surface area contributed by atoms with E-state index in [0.29, 0.717) is 0 Å². The van der Waals surface area contributed by atoms with Crippen LogP contribution in [0.2, 0.25) is 12.1 Å². The molecule has 2 aromatic heterocycles. The summed E-state index contributed by atoms with van der Waals surface area (Å²) in [6, 6.07) is 41.8. The molecule has 2 heterocycles. The second-order valence-corrected chi connectivity index (χ2v) is 18.1. The van der Waals surface area contributed by atoms with Crippen LogP contribution < -0.4 is 0 Å². The summed E-state index contributed by atoms with van der Waals surface area (Å²) >= 11 is -0.826. The molecule has 2 aliphatic carbocycles. The first-order valence-corrected chi connectivity index (χ1v) is 24.7. The van der Waals surface area contributed by atoms with Crippen molar-refractivity contribution in [3.63, 3.8) is 0 Å². The molecule has 50 heavy (non-hydrogen) atoms. The molecule has 0 N–H and O–H groups in total. The Bertz CT molecular complexity index is 2000. The van der Waals surface area contributed by atoms with Gasteiger partial charge in [0, 0.05) is 32.5 Å². The van der Waals surface area contributed by atoms with E-state index in [0.717, 1.165) is 44.6 Å². The van der Waals surface area contributed by atoms with Crippen molar-refractivity contribution in [3.05, 3.63) is 166 Å². The van der Waals surface area contributed by atoms with Gasteiger partial charge in [-0.1, -0.05) is 97.1 Å². The van der Waals surface area contributed by atoms with Crippen molar-refractivity contribution in [1.29, 1.82) is 0 Å². The number of benzene rings is 4. The Hall–Kier alpha value is -3.40. The number of hydrogen-bond donors (Lipinski definition) is 0. The number of aryl methyl sites for hydroxylation is 4. The van der Waals surface area contributed by atoms with E-state index in [1.165, 1.54) is 66.8 Å². The maximum absolute atomic E-state index is 6.39. The Labute approximate surface area is 316 Å². The molecule has 2 nitrogen and oxygen atoms in total. The van der Waals surface area contributed by atoms with Gasteiger partial charge in [0.05, 0.1) is 0 Å². The molecule has 0 spiro atoms. The molecule has 0 aliphatic heterocycles. The van der Waals surface area contributed by atoms with Gasteiger partial charge in [-0.05, 0) is 120 Å². The Balaban J connectivity index is 0.00000126. The van der Waals surface area contributed by atoms with Gasteiger partial charge in [-0.25, -0.2) is 0 Å². The van der Waals surface area contributed by atoms with Crippen LogP contribution in [0.25, 0.3) is 45.6 Å². The van der Waals surface area contributed by atoms with E-state index in [-0.39, 0.29) is 11.8 Å². The van der Waals surface area contributed by atoms with Crippen molar-refractivity contribution >= 4 is 49.8 Å². The third-order valence-corrected chi connectivity index (χ3v) is 11.5. The molecular formula is C44H38Cl2O2SiZr. The van der Waals surface area contributed by atoms with Gasteiger partial charge in [-0.2, -0.15) is 0 Å². The Morgan fingerprint density at radius 1 is 0.560 bits per heavy atom. The van der Waals surface area contributed by atoms with Crippen LogP contribution in [0.1, 0.15) is 68.3 Å². The predicted molar refractivity (Wildman–Crippen MR) is 208 cm³/mol. The van der Waals surface area contributed by atoms with Crippen molar-refractivity contribution in [2.75, 3.05) is 0 Å². The van der Waals surface area contributed by atoms with Gasteiger partial charge in [0.25, 0.3) is 0 Å². The van der Waals surface area contributed by atoms with Crippen molar-refractivity contribution in [2.24, 2.45) is 0 Å². The topological polar surface area (TPSA) is 26.3 Å². The molecule has 2 radical (unpaired) electrons. The van der Waals surface area contributed by atoms with Crippen LogP contribution >= 0.6 is 17.0 Å². The molecule has 0 amide bonds. The molecule has 0 saturated carbocycles. The zero-order valence-corrected chi connectivity index (χ0v) is 33.7. The van der Waals surface area contributed by atoms with Crippen LogP contribution in [-0.2, 0) is 20.8 Å². The molecule has 2 unspecified atom stereocenters. The van der Waals surface area contributed by atoms with Gasteiger partial charge in [0.15, 0.2) is 0 Å². The minimum atomic E-state index is -0.826. The van der Waals surface area contributed by atoms with E-state index in [1.807, 2.05) is 0 Å². The summed E-state index contributed by atoms with van der Waals surface area (Å²) in [5, 5.41) is 0. The van der Waals surface area contributed by atoms with Crippen LogP contribution in [0.15, 0.2) is 118 Å². The van der Waals surface area contributed by atoms with E-state index in [2.05, 4.69) is 149 Å².